The number of nitrogens with one attached hydrogen (secondary N) is 1. The fraction of sp³-hybridized carbons (Fsp3) is 0.200. The topological polar surface area (TPSA) is 62.8 Å². The molecule has 1 aromatic rings. The minimum atomic E-state index is -1.47. The van der Waals surface area contributed by atoms with E-state index in [-0.39, 0.29) is 23.2 Å². The second kappa shape index (κ2) is 4.67. The molecule has 0 spiro atoms. The zero-order valence-corrected chi connectivity index (χ0v) is 9.38. The van der Waals surface area contributed by atoms with Crippen LogP contribution < -0.4 is 11.1 Å². The fourth-order valence-corrected chi connectivity index (χ4v) is 1.59. The average molecular weight is 259 g/mol. The maximum absolute atomic E-state index is 13.4. The number of halogens is 3. The Balaban J connectivity index is 2.21. The molecular formula is C10H9ClF2N4. The summed E-state index contributed by atoms with van der Waals surface area (Å²) in [5.74, 6) is -0.294. The van der Waals surface area contributed by atoms with Gasteiger partial charge < -0.3 is 11.1 Å². The third-order valence-electron chi connectivity index (χ3n) is 2.10. The number of benzene rings is 1. The van der Waals surface area contributed by atoms with Crippen molar-refractivity contribution >= 4 is 34.1 Å². The Morgan fingerprint density at radius 1 is 1.47 bits per heavy atom. The number of anilines is 2. The van der Waals surface area contributed by atoms with Crippen molar-refractivity contribution in [1.82, 2.24) is 0 Å². The molecule has 0 saturated carbocycles. The Morgan fingerprint density at radius 2 is 2.24 bits per heavy atom. The molecule has 90 valence electrons. The quantitative estimate of drug-likeness (QED) is 0.601. The van der Waals surface area contributed by atoms with E-state index >= 15 is 0 Å². The monoisotopic (exact) mass is 258 g/mol. The molecule has 0 amide bonds. The van der Waals surface area contributed by atoms with E-state index in [4.69, 9.17) is 17.3 Å². The molecule has 0 saturated heterocycles. The molecular weight excluding hydrogens is 250 g/mol. The van der Waals surface area contributed by atoms with Crippen LogP contribution in [0.2, 0.25) is 0 Å². The van der Waals surface area contributed by atoms with Gasteiger partial charge in [-0.3, -0.25) is 0 Å². The van der Waals surface area contributed by atoms with Gasteiger partial charge >= 0.3 is 0 Å². The summed E-state index contributed by atoms with van der Waals surface area (Å²) < 4.78 is 26.4. The predicted octanol–water partition coefficient (Wildman–Crippen LogP) is 2.51. The molecule has 1 atom stereocenters. The van der Waals surface area contributed by atoms with E-state index in [9.17, 15) is 8.78 Å². The maximum atomic E-state index is 13.4. The third-order valence-corrected chi connectivity index (χ3v) is 2.29. The maximum Gasteiger partial charge on any atom is 0.222 e. The summed E-state index contributed by atoms with van der Waals surface area (Å²) in [6.45, 7) is 0. The van der Waals surface area contributed by atoms with Gasteiger partial charge in [-0.2, -0.15) is 0 Å². The molecule has 0 aliphatic carbocycles. The molecule has 1 heterocycles. The lowest BCUT2D eigenvalue weighted by molar-refractivity contribution is 0.355. The van der Waals surface area contributed by atoms with Crippen molar-refractivity contribution in [3.63, 3.8) is 0 Å². The van der Waals surface area contributed by atoms with Crippen molar-refractivity contribution in [1.29, 1.82) is 0 Å². The number of hydrogen-bond donors (Lipinski definition) is 2. The molecule has 1 aliphatic rings. The van der Waals surface area contributed by atoms with E-state index in [1.807, 2.05) is 0 Å². The largest absolute Gasteiger partial charge is 0.399 e. The van der Waals surface area contributed by atoms with Crippen LogP contribution in [-0.2, 0) is 0 Å². The zero-order valence-electron chi connectivity index (χ0n) is 8.62. The number of hydrogen-bond acceptors (Lipinski definition) is 4. The highest BCUT2D eigenvalue weighted by molar-refractivity contribution is 6.65. The molecule has 0 bridgehead atoms. The molecule has 0 fully saturated rings. The molecule has 17 heavy (non-hydrogen) atoms. The second-order valence-electron chi connectivity index (χ2n) is 3.46. The number of nitrogens with two attached hydrogens (primary N) is 1. The minimum Gasteiger partial charge on any atom is -0.399 e. The number of nitrogens with zero attached hydrogens (tertiary/aromatic N) is 2. The van der Waals surface area contributed by atoms with Crippen molar-refractivity contribution in [2.45, 2.75) is 12.7 Å². The van der Waals surface area contributed by atoms with E-state index in [2.05, 4.69) is 15.3 Å². The van der Waals surface area contributed by atoms with Crippen LogP contribution >= 0.6 is 11.6 Å². The van der Waals surface area contributed by atoms with Crippen LogP contribution in [0.5, 0.6) is 0 Å². The number of nitrogen functional groups attached to an aromatic ring is 1. The highest BCUT2D eigenvalue weighted by Gasteiger charge is 2.17. The molecule has 1 unspecified atom stereocenters. The third kappa shape index (κ3) is 2.91. The van der Waals surface area contributed by atoms with Gasteiger partial charge in [0.25, 0.3) is 0 Å². The standard InChI is InChI=1S/C10H9ClF2N4/c11-10-16-8(13)4-9(17-10)15-7-3-5(14)1-2-6(7)12/h1-3,8H,4,14H2,(H,15,16,17). The zero-order chi connectivity index (χ0) is 12.4. The average Bonchev–Trinajstić information content (AvgIpc) is 2.22. The van der Waals surface area contributed by atoms with Crippen molar-refractivity contribution in [2.24, 2.45) is 9.98 Å². The molecule has 4 nitrogen and oxygen atoms in total. The van der Waals surface area contributed by atoms with Gasteiger partial charge in [-0.05, 0) is 29.8 Å². The molecule has 7 heteroatoms. The van der Waals surface area contributed by atoms with Crippen molar-refractivity contribution < 1.29 is 8.78 Å². The van der Waals surface area contributed by atoms with Gasteiger partial charge in [-0.25, -0.2) is 18.8 Å². The normalized spacial score (nSPS) is 19.6. The number of rotatable bonds is 1. The summed E-state index contributed by atoms with van der Waals surface area (Å²) in [7, 11) is 0. The van der Waals surface area contributed by atoms with E-state index in [0.29, 0.717) is 5.69 Å². The predicted molar refractivity (Wildman–Crippen MR) is 64.7 cm³/mol. The van der Waals surface area contributed by atoms with Crippen molar-refractivity contribution in [3.8, 4) is 0 Å². The first kappa shape index (κ1) is 11.8. The first-order valence-corrected chi connectivity index (χ1v) is 5.19. The van der Waals surface area contributed by atoms with Gasteiger partial charge in [0.2, 0.25) is 5.29 Å². The lowest BCUT2D eigenvalue weighted by Gasteiger charge is -2.15. The number of alkyl halides is 1. The Kier molecular flexibility index (Phi) is 3.23. The smallest absolute Gasteiger partial charge is 0.222 e. The number of amidine groups is 2. The van der Waals surface area contributed by atoms with Crippen LogP contribution in [0.3, 0.4) is 0 Å². The molecule has 3 N–H and O–H groups in total. The molecule has 1 aliphatic heterocycles. The van der Waals surface area contributed by atoms with E-state index in [0.717, 1.165) is 0 Å². The van der Waals surface area contributed by atoms with Gasteiger partial charge in [0.15, 0.2) is 6.30 Å². The van der Waals surface area contributed by atoms with Gasteiger partial charge in [0.05, 0.1) is 12.1 Å². The van der Waals surface area contributed by atoms with Gasteiger partial charge in [-0.1, -0.05) is 0 Å². The molecule has 1 aromatic carbocycles. The van der Waals surface area contributed by atoms with Gasteiger partial charge in [0, 0.05) is 5.69 Å². The SMILES string of the molecule is Nc1ccc(F)c(NC2=NC(Cl)=NC(F)C2)c1. The highest BCUT2D eigenvalue weighted by Crippen LogP contribution is 2.19. The molecule has 0 radical (unpaired) electrons. The van der Waals surface area contributed by atoms with Crippen LogP contribution in [0.25, 0.3) is 0 Å². The lowest BCUT2D eigenvalue weighted by Crippen LogP contribution is -2.22. The highest BCUT2D eigenvalue weighted by atomic mass is 35.5. The van der Waals surface area contributed by atoms with E-state index in [1.54, 1.807) is 0 Å². The Bertz CT molecular complexity index is 501. The Morgan fingerprint density at radius 3 is 2.94 bits per heavy atom. The summed E-state index contributed by atoms with van der Waals surface area (Å²) >= 11 is 5.51. The van der Waals surface area contributed by atoms with Crippen molar-refractivity contribution in [2.75, 3.05) is 11.1 Å². The van der Waals surface area contributed by atoms with Gasteiger partial charge in [-0.15, -0.1) is 0 Å². The van der Waals surface area contributed by atoms with Crippen molar-refractivity contribution in [3.05, 3.63) is 24.0 Å². The second-order valence-corrected chi connectivity index (χ2v) is 3.80. The van der Waals surface area contributed by atoms with E-state index in [1.165, 1.54) is 18.2 Å². The minimum absolute atomic E-state index is 0.0789. The summed E-state index contributed by atoms with van der Waals surface area (Å²) in [5.41, 5.74) is 6.03. The van der Waals surface area contributed by atoms with E-state index < -0.39 is 12.1 Å². The molecule has 0 aromatic heterocycles. The molecule has 2 rings (SSSR count). The first-order chi connectivity index (χ1) is 8.04. The Labute approximate surface area is 101 Å². The summed E-state index contributed by atoms with van der Waals surface area (Å²) in [6.07, 6.45) is -1.55. The number of aliphatic imine (C=N–C) groups is 2. The van der Waals surface area contributed by atoms with Crippen LogP contribution in [0.15, 0.2) is 28.2 Å². The van der Waals surface area contributed by atoms with Crippen LogP contribution in [-0.4, -0.2) is 17.4 Å². The van der Waals surface area contributed by atoms with Crippen LogP contribution in [0.4, 0.5) is 20.2 Å². The summed E-state index contributed by atoms with van der Waals surface area (Å²) in [5, 5.41) is 2.44. The van der Waals surface area contributed by atoms with Crippen LogP contribution in [0.1, 0.15) is 6.42 Å². The lowest BCUT2D eigenvalue weighted by atomic mass is 10.2. The first-order valence-electron chi connectivity index (χ1n) is 4.81. The summed E-state index contributed by atoms with van der Waals surface area (Å²) in [6, 6.07) is 4.03. The fourth-order valence-electron chi connectivity index (χ4n) is 1.38. The summed E-state index contributed by atoms with van der Waals surface area (Å²) in [4.78, 5) is 7.16. The van der Waals surface area contributed by atoms with Gasteiger partial charge in [0.1, 0.15) is 11.7 Å². The Hall–Kier alpha value is -1.69. The van der Waals surface area contributed by atoms with Crippen LogP contribution in [0, 0.1) is 5.82 Å².